The largest absolute Gasteiger partial charge is 0.494 e. The Morgan fingerprint density at radius 3 is 2.57 bits per heavy atom. The SMILES string of the molecule is CCCOc1ccc(C=NNC(=O)c2cc(-c3ccc(OC)c(OC)c3)n[nH]2)cc1. The summed E-state index contributed by atoms with van der Waals surface area (Å²) in [6.07, 6.45) is 2.52. The fourth-order valence-electron chi connectivity index (χ4n) is 2.68. The first-order valence-corrected chi connectivity index (χ1v) is 9.48. The first-order valence-electron chi connectivity index (χ1n) is 9.48. The molecule has 0 bridgehead atoms. The summed E-state index contributed by atoms with van der Waals surface area (Å²) < 4.78 is 16.1. The van der Waals surface area contributed by atoms with E-state index in [1.54, 1.807) is 38.6 Å². The van der Waals surface area contributed by atoms with E-state index in [0.29, 0.717) is 29.5 Å². The van der Waals surface area contributed by atoms with Gasteiger partial charge in [0, 0.05) is 5.56 Å². The monoisotopic (exact) mass is 408 g/mol. The van der Waals surface area contributed by atoms with Gasteiger partial charge in [-0.1, -0.05) is 6.92 Å². The van der Waals surface area contributed by atoms with Crippen molar-refractivity contribution in [1.82, 2.24) is 15.6 Å². The molecule has 1 amide bonds. The van der Waals surface area contributed by atoms with E-state index in [2.05, 4.69) is 27.6 Å². The molecule has 1 heterocycles. The summed E-state index contributed by atoms with van der Waals surface area (Å²) in [6.45, 7) is 2.74. The van der Waals surface area contributed by atoms with Crippen LogP contribution in [0.25, 0.3) is 11.3 Å². The average molecular weight is 408 g/mol. The molecule has 1 aromatic heterocycles. The number of aromatic nitrogens is 2. The van der Waals surface area contributed by atoms with Crippen molar-refractivity contribution in [3.63, 3.8) is 0 Å². The molecule has 3 aromatic rings. The molecule has 0 atom stereocenters. The number of aromatic amines is 1. The van der Waals surface area contributed by atoms with Gasteiger partial charge in [-0.2, -0.15) is 10.2 Å². The maximum Gasteiger partial charge on any atom is 0.289 e. The number of carbonyl (C=O) groups excluding carboxylic acids is 1. The van der Waals surface area contributed by atoms with Crippen LogP contribution in [0.2, 0.25) is 0 Å². The van der Waals surface area contributed by atoms with E-state index < -0.39 is 5.91 Å². The average Bonchev–Trinajstić information content (AvgIpc) is 3.28. The zero-order chi connectivity index (χ0) is 21.3. The van der Waals surface area contributed by atoms with Crippen molar-refractivity contribution in [3.8, 4) is 28.5 Å². The number of rotatable bonds is 9. The Morgan fingerprint density at radius 1 is 1.10 bits per heavy atom. The molecule has 8 nitrogen and oxygen atoms in total. The lowest BCUT2D eigenvalue weighted by Crippen LogP contribution is -2.17. The van der Waals surface area contributed by atoms with Gasteiger partial charge in [-0.05, 0) is 60.5 Å². The Labute approximate surface area is 174 Å². The predicted molar refractivity (Wildman–Crippen MR) is 114 cm³/mol. The second-order valence-corrected chi connectivity index (χ2v) is 6.35. The number of nitrogens with zero attached hydrogens (tertiary/aromatic N) is 2. The summed E-state index contributed by atoms with van der Waals surface area (Å²) in [5, 5.41) is 10.9. The maximum absolute atomic E-state index is 12.3. The van der Waals surface area contributed by atoms with E-state index in [1.807, 2.05) is 30.3 Å². The van der Waals surface area contributed by atoms with Gasteiger partial charge in [-0.3, -0.25) is 9.89 Å². The van der Waals surface area contributed by atoms with Crippen LogP contribution < -0.4 is 19.6 Å². The number of amides is 1. The van der Waals surface area contributed by atoms with Crippen molar-refractivity contribution < 1.29 is 19.0 Å². The number of carbonyl (C=O) groups is 1. The highest BCUT2D eigenvalue weighted by atomic mass is 16.5. The Bertz CT molecular complexity index is 1010. The minimum Gasteiger partial charge on any atom is -0.494 e. The predicted octanol–water partition coefficient (Wildman–Crippen LogP) is 3.65. The van der Waals surface area contributed by atoms with Crippen LogP contribution in [0.1, 0.15) is 29.4 Å². The van der Waals surface area contributed by atoms with Gasteiger partial charge in [-0.15, -0.1) is 0 Å². The zero-order valence-corrected chi connectivity index (χ0v) is 17.1. The smallest absolute Gasteiger partial charge is 0.289 e. The summed E-state index contributed by atoms with van der Waals surface area (Å²) in [7, 11) is 3.14. The highest BCUT2D eigenvalue weighted by molar-refractivity contribution is 5.94. The summed E-state index contributed by atoms with van der Waals surface area (Å²) in [4.78, 5) is 12.3. The number of hydrogen-bond acceptors (Lipinski definition) is 6. The van der Waals surface area contributed by atoms with Crippen LogP contribution in [0.3, 0.4) is 0 Å². The van der Waals surface area contributed by atoms with Crippen molar-refractivity contribution in [1.29, 1.82) is 0 Å². The lowest BCUT2D eigenvalue weighted by molar-refractivity contribution is 0.0950. The van der Waals surface area contributed by atoms with Crippen molar-refractivity contribution in [2.45, 2.75) is 13.3 Å². The lowest BCUT2D eigenvalue weighted by Gasteiger charge is -2.08. The second-order valence-electron chi connectivity index (χ2n) is 6.35. The number of nitrogens with one attached hydrogen (secondary N) is 2. The Balaban J connectivity index is 1.62. The quantitative estimate of drug-likeness (QED) is 0.416. The third-order valence-corrected chi connectivity index (χ3v) is 4.23. The normalized spacial score (nSPS) is 10.8. The van der Waals surface area contributed by atoms with Crippen molar-refractivity contribution in [2.24, 2.45) is 5.10 Å². The number of ether oxygens (including phenoxy) is 3. The molecule has 0 aliphatic rings. The van der Waals surface area contributed by atoms with E-state index >= 15 is 0 Å². The fraction of sp³-hybridized carbons (Fsp3) is 0.227. The molecule has 0 radical (unpaired) electrons. The molecule has 0 aliphatic heterocycles. The van der Waals surface area contributed by atoms with E-state index in [0.717, 1.165) is 23.3 Å². The molecule has 0 aliphatic carbocycles. The van der Waals surface area contributed by atoms with Gasteiger partial charge in [0.15, 0.2) is 11.5 Å². The Hall–Kier alpha value is -3.81. The molecular formula is C22H24N4O4. The highest BCUT2D eigenvalue weighted by Crippen LogP contribution is 2.31. The lowest BCUT2D eigenvalue weighted by atomic mass is 10.1. The molecule has 30 heavy (non-hydrogen) atoms. The van der Waals surface area contributed by atoms with Crippen LogP contribution in [0.5, 0.6) is 17.2 Å². The van der Waals surface area contributed by atoms with Crippen LogP contribution >= 0.6 is 0 Å². The van der Waals surface area contributed by atoms with Crippen molar-refractivity contribution in [2.75, 3.05) is 20.8 Å². The minimum atomic E-state index is -0.395. The topological polar surface area (TPSA) is 97.8 Å². The first-order chi connectivity index (χ1) is 14.6. The molecule has 0 unspecified atom stereocenters. The van der Waals surface area contributed by atoms with Gasteiger partial charge < -0.3 is 14.2 Å². The molecular weight excluding hydrogens is 384 g/mol. The summed E-state index contributed by atoms with van der Waals surface area (Å²) in [6, 6.07) is 14.5. The molecule has 8 heteroatoms. The van der Waals surface area contributed by atoms with Gasteiger partial charge >= 0.3 is 0 Å². The number of hydrogen-bond donors (Lipinski definition) is 2. The molecule has 0 spiro atoms. The van der Waals surface area contributed by atoms with E-state index in [9.17, 15) is 4.79 Å². The van der Waals surface area contributed by atoms with Crippen LogP contribution in [-0.4, -0.2) is 43.1 Å². The molecule has 0 saturated heterocycles. The summed E-state index contributed by atoms with van der Waals surface area (Å²) in [5.74, 6) is 1.61. The molecule has 3 rings (SSSR count). The fourth-order valence-corrected chi connectivity index (χ4v) is 2.68. The van der Waals surface area contributed by atoms with Gasteiger partial charge in [0.1, 0.15) is 11.4 Å². The van der Waals surface area contributed by atoms with E-state index in [4.69, 9.17) is 14.2 Å². The highest BCUT2D eigenvalue weighted by Gasteiger charge is 2.12. The van der Waals surface area contributed by atoms with Crippen LogP contribution in [0.4, 0.5) is 0 Å². The Kier molecular flexibility index (Phi) is 7.05. The third kappa shape index (κ3) is 5.16. The summed E-state index contributed by atoms with van der Waals surface area (Å²) >= 11 is 0. The van der Waals surface area contributed by atoms with E-state index in [1.165, 1.54) is 0 Å². The van der Waals surface area contributed by atoms with E-state index in [-0.39, 0.29) is 0 Å². The number of methoxy groups -OCH3 is 2. The van der Waals surface area contributed by atoms with Crippen LogP contribution in [-0.2, 0) is 0 Å². The molecule has 0 fully saturated rings. The van der Waals surface area contributed by atoms with Gasteiger partial charge in [0.25, 0.3) is 5.91 Å². The molecule has 2 N–H and O–H groups in total. The van der Waals surface area contributed by atoms with Gasteiger partial charge in [-0.25, -0.2) is 5.43 Å². The van der Waals surface area contributed by atoms with Crippen molar-refractivity contribution in [3.05, 3.63) is 59.8 Å². The Morgan fingerprint density at radius 2 is 1.87 bits per heavy atom. The summed E-state index contributed by atoms with van der Waals surface area (Å²) in [5.41, 5.74) is 5.01. The van der Waals surface area contributed by atoms with Gasteiger partial charge in [0.05, 0.1) is 32.7 Å². The number of hydrazone groups is 1. The maximum atomic E-state index is 12.3. The molecule has 156 valence electrons. The van der Waals surface area contributed by atoms with Crippen LogP contribution in [0, 0.1) is 0 Å². The first kappa shape index (κ1) is 20.9. The minimum absolute atomic E-state index is 0.292. The number of benzene rings is 2. The second kappa shape index (κ2) is 10.1. The standard InChI is InChI=1S/C22H24N4O4/c1-4-11-30-17-8-5-15(6-9-17)14-23-26-22(27)19-13-18(24-25-19)16-7-10-20(28-2)21(12-16)29-3/h5-10,12-14H,4,11H2,1-3H3,(H,24,25)(H,26,27). The number of H-pyrrole nitrogens is 1. The van der Waals surface area contributed by atoms with Gasteiger partial charge in [0.2, 0.25) is 0 Å². The molecule has 2 aromatic carbocycles. The molecule has 0 saturated carbocycles. The zero-order valence-electron chi connectivity index (χ0n) is 17.1. The van der Waals surface area contributed by atoms with Crippen LogP contribution in [0.15, 0.2) is 53.6 Å². The third-order valence-electron chi connectivity index (χ3n) is 4.23. The van der Waals surface area contributed by atoms with Crippen molar-refractivity contribution >= 4 is 12.1 Å².